The Morgan fingerprint density at radius 2 is 2.22 bits per heavy atom. The van der Waals surface area contributed by atoms with E-state index in [0.29, 0.717) is 27.0 Å². The van der Waals surface area contributed by atoms with Crippen LogP contribution in [-0.4, -0.2) is 13.0 Å². The second kappa shape index (κ2) is 5.29. The first-order chi connectivity index (χ1) is 8.61. The van der Waals surface area contributed by atoms with Crippen LogP contribution in [0.2, 0.25) is 5.02 Å². The molecular formula is C12H11ClN2O2S. The summed E-state index contributed by atoms with van der Waals surface area (Å²) in [4.78, 5) is 12.4. The van der Waals surface area contributed by atoms with Crippen molar-refractivity contribution >= 4 is 40.2 Å². The van der Waals surface area contributed by atoms with Gasteiger partial charge in [-0.15, -0.1) is 11.3 Å². The second-order valence-corrected chi connectivity index (χ2v) is 4.83. The summed E-state index contributed by atoms with van der Waals surface area (Å²) in [6.45, 7) is 0. The summed E-state index contributed by atoms with van der Waals surface area (Å²) >= 11 is 7.28. The van der Waals surface area contributed by atoms with E-state index < -0.39 is 0 Å². The highest BCUT2D eigenvalue weighted by molar-refractivity contribution is 7.12. The second-order valence-electron chi connectivity index (χ2n) is 3.50. The van der Waals surface area contributed by atoms with Crippen molar-refractivity contribution in [2.75, 3.05) is 18.2 Å². The van der Waals surface area contributed by atoms with E-state index in [4.69, 9.17) is 22.1 Å². The number of halogens is 1. The van der Waals surface area contributed by atoms with Gasteiger partial charge in [0.05, 0.1) is 23.5 Å². The van der Waals surface area contributed by atoms with Crippen LogP contribution in [0.25, 0.3) is 0 Å². The minimum absolute atomic E-state index is 0.280. The molecule has 0 aliphatic carbocycles. The van der Waals surface area contributed by atoms with E-state index in [1.54, 1.807) is 36.8 Å². The quantitative estimate of drug-likeness (QED) is 0.908. The van der Waals surface area contributed by atoms with Crippen molar-refractivity contribution in [1.29, 1.82) is 0 Å². The number of carbonyl (C=O) groups excluding carboxylic acids is 1. The van der Waals surface area contributed by atoms with Gasteiger partial charge in [0.1, 0.15) is 10.6 Å². The number of nitrogens with one attached hydrogen (secondary N) is 1. The molecule has 1 heterocycles. The van der Waals surface area contributed by atoms with Gasteiger partial charge < -0.3 is 15.8 Å². The lowest BCUT2D eigenvalue weighted by atomic mass is 10.3. The largest absolute Gasteiger partial charge is 0.497 e. The van der Waals surface area contributed by atoms with Gasteiger partial charge in [-0.25, -0.2) is 0 Å². The van der Waals surface area contributed by atoms with Gasteiger partial charge in [-0.3, -0.25) is 4.79 Å². The number of nitrogens with two attached hydrogens (primary N) is 1. The molecule has 94 valence electrons. The van der Waals surface area contributed by atoms with Crippen LogP contribution < -0.4 is 15.8 Å². The maximum Gasteiger partial charge on any atom is 0.267 e. The molecule has 0 bridgehead atoms. The molecule has 2 aromatic rings. The lowest BCUT2D eigenvalue weighted by Gasteiger charge is -2.08. The minimum atomic E-state index is -0.280. The van der Waals surface area contributed by atoms with E-state index in [9.17, 15) is 4.79 Å². The molecule has 4 nitrogen and oxygen atoms in total. The van der Waals surface area contributed by atoms with Crippen LogP contribution in [0.1, 0.15) is 9.67 Å². The zero-order valence-electron chi connectivity index (χ0n) is 9.57. The van der Waals surface area contributed by atoms with Crippen LogP contribution in [0, 0.1) is 0 Å². The van der Waals surface area contributed by atoms with Gasteiger partial charge >= 0.3 is 0 Å². The van der Waals surface area contributed by atoms with E-state index in [2.05, 4.69) is 5.32 Å². The van der Waals surface area contributed by atoms with Gasteiger partial charge in [0, 0.05) is 6.07 Å². The van der Waals surface area contributed by atoms with Gasteiger partial charge in [-0.2, -0.15) is 0 Å². The third-order valence-electron chi connectivity index (χ3n) is 2.32. The molecule has 1 aromatic carbocycles. The Balaban J connectivity index is 2.24. The van der Waals surface area contributed by atoms with Crippen molar-refractivity contribution < 1.29 is 9.53 Å². The van der Waals surface area contributed by atoms with E-state index in [-0.39, 0.29) is 5.91 Å². The van der Waals surface area contributed by atoms with Crippen LogP contribution >= 0.6 is 22.9 Å². The van der Waals surface area contributed by atoms with Gasteiger partial charge in [-0.1, -0.05) is 11.6 Å². The fraction of sp³-hybridized carbons (Fsp3) is 0.0833. The number of hydrogen-bond acceptors (Lipinski definition) is 4. The summed E-state index contributed by atoms with van der Waals surface area (Å²) in [5.74, 6) is 0.339. The smallest absolute Gasteiger partial charge is 0.267 e. The highest BCUT2D eigenvalue weighted by Crippen LogP contribution is 2.28. The van der Waals surface area contributed by atoms with Crippen molar-refractivity contribution in [3.05, 3.63) is 39.5 Å². The molecular weight excluding hydrogens is 272 g/mol. The zero-order valence-corrected chi connectivity index (χ0v) is 11.1. The topological polar surface area (TPSA) is 64.3 Å². The van der Waals surface area contributed by atoms with E-state index in [0.717, 1.165) is 0 Å². The summed E-state index contributed by atoms with van der Waals surface area (Å²) in [7, 11) is 1.55. The van der Waals surface area contributed by atoms with Crippen LogP contribution in [0.15, 0.2) is 29.6 Å². The molecule has 0 saturated heterocycles. The molecule has 1 amide bonds. The molecule has 2 rings (SSSR count). The van der Waals surface area contributed by atoms with E-state index in [1.807, 2.05) is 0 Å². The molecule has 6 heteroatoms. The van der Waals surface area contributed by atoms with Crippen molar-refractivity contribution in [2.24, 2.45) is 0 Å². The number of benzene rings is 1. The molecule has 1 aromatic heterocycles. The monoisotopic (exact) mass is 282 g/mol. The molecule has 0 aliphatic heterocycles. The third kappa shape index (κ3) is 2.57. The average molecular weight is 283 g/mol. The molecule has 0 spiro atoms. The standard InChI is InChI=1S/C12H11ClN2O2S/c1-17-7-2-3-8(13)10(6-7)15-12(16)11-9(14)4-5-18-11/h2-6H,14H2,1H3,(H,15,16). The third-order valence-corrected chi connectivity index (χ3v) is 3.58. The van der Waals surface area contributed by atoms with Gasteiger partial charge in [0.2, 0.25) is 0 Å². The van der Waals surface area contributed by atoms with Crippen molar-refractivity contribution in [2.45, 2.75) is 0 Å². The summed E-state index contributed by atoms with van der Waals surface area (Å²) in [5, 5.41) is 4.91. The van der Waals surface area contributed by atoms with E-state index in [1.165, 1.54) is 11.3 Å². The number of rotatable bonds is 3. The van der Waals surface area contributed by atoms with Crippen molar-refractivity contribution in [3.8, 4) is 5.75 Å². The zero-order chi connectivity index (χ0) is 13.1. The number of thiophene rings is 1. The Morgan fingerprint density at radius 1 is 1.44 bits per heavy atom. The number of anilines is 2. The SMILES string of the molecule is COc1ccc(Cl)c(NC(=O)c2sccc2N)c1. The molecule has 0 aliphatic rings. The lowest BCUT2D eigenvalue weighted by molar-refractivity contribution is 0.103. The Hall–Kier alpha value is -1.72. The van der Waals surface area contributed by atoms with Gasteiger partial charge in [0.25, 0.3) is 5.91 Å². The fourth-order valence-electron chi connectivity index (χ4n) is 1.41. The number of amides is 1. The normalized spacial score (nSPS) is 10.1. The first kappa shape index (κ1) is 12.7. The number of nitrogen functional groups attached to an aromatic ring is 1. The fourth-order valence-corrected chi connectivity index (χ4v) is 2.29. The van der Waals surface area contributed by atoms with Gasteiger partial charge in [-0.05, 0) is 23.6 Å². The average Bonchev–Trinajstić information content (AvgIpc) is 2.78. The van der Waals surface area contributed by atoms with E-state index >= 15 is 0 Å². The van der Waals surface area contributed by atoms with Crippen LogP contribution in [-0.2, 0) is 0 Å². The summed E-state index contributed by atoms with van der Waals surface area (Å²) < 4.78 is 5.07. The van der Waals surface area contributed by atoms with Crippen LogP contribution in [0.3, 0.4) is 0 Å². The minimum Gasteiger partial charge on any atom is -0.497 e. The van der Waals surface area contributed by atoms with Crippen molar-refractivity contribution in [3.63, 3.8) is 0 Å². The molecule has 0 atom stereocenters. The summed E-state index contributed by atoms with van der Waals surface area (Å²) in [6, 6.07) is 6.72. The Labute approximate surface area is 113 Å². The first-order valence-corrected chi connectivity index (χ1v) is 6.35. The van der Waals surface area contributed by atoms with Crippen molar-refractivity contribution in [1.82, 2.24) is 0 Å². The predicted molar refractivity (Wildman–Crippen MR) is 74.7 cm³/mol. The number of carbonyl (C=O) groups is 1. The maximum atomic E-state index is 12.0. The predicted octanol–water partition coefficient (Wildman–Crippen LogP) is 3.24. The van der Waals surface area contributed by atoms with Crippen LogP contribution in [0.5, 0.6) is 5.75 Å². The molecule has 0 fully saturated rings. The van der Waals surface area contributed by atoms with Crippen LogP contribution in [0.4, 0.5) is 11.4 Å². The molecule has 0 unspecified atom stereocenters. The summed E-state index contributed by atoms with van der Waals surface area (Å²) in [5.41, 5.74) is 6.63. The highest BCUT2D eigenvalue weighted by Gasteiger charge is 2.13. The Kier molecular flexibility index (Phi) is 3.74. The number of hydrogen-bond donors (Lipinski definition) is 2. The molecule has 18 heavy (non-hydrogen) atoms. The highest BCUT2D eigenvalue weighted by atomic mass is 35.5. The Morgan fingerprint density at radius 3 is 2.83 bits per heavy atom. The number of methoxy groups -OCH3 is 1. The molecule has 3 N–H and O–H groups in total. The molecule has 0 radical (unpaired) electrons. The summed E-state index contributed by atoms with van der Waals surface area (Å²) in [6.07, 6.45) is 0. The first-order valence-electron chi connectivity index (χ1n) is 5.09. The maximum absolute atomic E-state index is 12.0. The Bertz CT molecular complexity index is 583. The lowest BCUT2D eigenvalue weighted by Crippen LogP contribution is -2.12. The molecule has 0 saturated carbocycles. The number of ether oxygens (including phenoxy) is 1. The van der Waals surface area contributed by atoms with Gasteiger partial charge in [0.15, 0.2) is 0 Å².